The Morgan fingerprint density at radius 2 is 1.91 bits per heavy atom. The number of ether oxygens (including phenoxy) is 3. The minimum absolute atomic E-state index is 0.112. The molecule has 0 saturated carbocycles. The van der Waals surface area contributed by atoms with Gasteiger partial charge in [-0.1, -0.05) is 17.7 Å². The van der Waals surface area contributed by atoms with Crippen LogP contribution in [0, 0.1) is 0 Å². The molecule has 5 rings (SSSR count). The Morgan fingerprint density at radius 1 is 1.11 bits per heavy atom. The highest BCUT2D eigenvalue weighted by atomic mass is 35.5. The highest BCUT2D eigenvalue weighted by Gasteiger charge is 2.29. The van der Waals surface area contributed by atoms with Crippen molar-refractivity contribution < 1.29 is 23.8 Å². The number of hydrogen-bond acceptors (Lipinski definition) is 6. The van der Waals surface area contributed by atoms with Gasteiger partial charge in [0.15, 0.2) is 17.2 Å². The quantitative estimate of drug-likeness (QED) is 0.524. The van der Waals surface area contributed by atoms with E-state index in [0.717, 1.165) is 5.56 Å². The van der Waals surface area contributed by atoms with Crippen molar-refractivity contribution in [3.63, 3.8) is 0 Å². The van der Waals surface area contributed by atoms with Crippen LogP contribution in [0.15, 0.2) is 54.7 Å². The molecule has 0 radical (unpaired) electrons. The SMILES string of the molecule is C[C@H](NC(=O)CCCN1C(=O)c2cccnc2Oc2ccc(Cl)cc21)c1ccc2c(c1)OCCO2. The molecule has 3 heterocycles. The van der Waals surface area contributed by atoms with Crippen molar-refractivity contribution in [1.29, 1.82) is 0 Å². The van der Waals surface area contributed by atoms with E-state index in [1.54, 1.807) is 41.4 Å². The Kier molecular flexibility index (Phi) is 6.46. The molecule has 0 spiro atoms. The average molecular weight is 494 g/mol. The van der Waals surface area contributed by atoms with Gasteiger partial charge in [-0.3, -0.25) is 9.59 Å². The molecule has 9 heteroatoms. The minimum Gasteiger partial charge on any atom is -0.486 e. The number of rotatable bonds is 6. The summed E-state index contributed by atoms with van der Waals surface area (Å²) in [5.41, 5.74) is 1.83. The molecule has 2 aliphatic heterocycles. The molecule has 3 aromatic rings. The van der Waals surface area contributed by atoms with Crippen LogP contribution in [0.1, 0.15) is 41.7 Å². The summed E-state index contributed by atoms with van der Waals surface area (Å²) in [7, 11) is 0. The van der Waals surface area contributed by atoms with Crippen LogP contribution in [-0.4, -0.2) is 36.6 Å². The summed E-state index contributed by atoms with van der Waals surface area (Å²) in [6.07, 6.45) is 2.27. The Labute approximate surface area is 207 Å². The van der Waals surface area contributed by atoms with E-state index in [4.69, 9.17) is 25.8 Å². The second kappa shape index (κ2) is 9.84. The highest BCUT2D eigenvalue weighted by Crippen LogP contribution is 2.39. The molecule has 0 unspecified atom stereocenters. The van der Waals surface area contributed by atoms with Gasteiger partial charge in [-0.15, -0.1) is 0 Å². The van der Waals surface area contributed by atoms with Crippen LogP contribution in [0.25, 0.3) is 0 Å². The highest BCUT2D eigenvalue weighted by molar-refractivity contribution is 6.31. The van der Waals surface area contributed by atoms with Gasteiger partial charge in [0.1, 0.15) is 18.8 Å². The maximum Gasteiger partial charge on any atom is 0.263 e. The summed E-state index contributed by atoms with van der Waals surface area (Å²) in [6.45, 7) is 3.27. The number of nitrogens with one attached hydrogen (secondary N) is 1. The molecular formula is C26H24ClN3O5. The predicted molar refractivity (Wildman–Crippen MR) is 131 cm³/mol. The average Bonchev–Trinajstić information content (AvgIpc) is 2.98. The van der Waals surface area contributed by atoms with Crippen molar-refractivity contribution in [3.05, 3.63) is 70.9 Å². The van der Waals surface area contributed by atoms with E-state index >= 15 is 0 Å². The van der Waals surface area contributed by atoms with Gasteiger partial charge in [-0.25, -0.2) is 4.98 Å². The van der Waals surface area contributed by atoms with Crippen LogP contribution in [-0.2, 0) is 4.79 Å². The van der Waals surface area contributed by atoms with E-state index in [1.165, 1.54) is 0 Å². The van der Waals surface area contributed by atoms with Crippen LogP contribution >= 0.6 is 11.6 Å². The molecule has 0 bridgehead atoms. The fraction of sp³-hybridized carbons (Fsp3) is 0.269. The number of halogens is 1. The third-order valence-corrected chi connectivity index (χ3v) is 6.13. The number of aromatic nitrogens is 1. The first-order valence-electron chi connectivity index (χ1n) is 11.4. The fourth-order valence-electron chi connectivity index (χ4n) is 4.13. The van der Waals surface area contributed by atoms with Crippen molar-refractivity contribution >= 4 is 29.1 Å². The number of fused-ring (bicyclic) bond motifs is 3. The van der Waals surface area contributed by atoms with Crippen molar-refractivity contribution in [3.8, 4) is 23.1 Å². The van der Waals surface area contributed by atoms with Gasteiger partial charge >= 0.3 is 0 Å². The van der Waals surface area contributed by atoms with Crippen LogP contribution < -0.4 is 24.4 Å². The van der Waals surface area contributed by atoms with E-state index < -0.39 is 0 Å². The van der Waals surface area contributed by atoms with E-state index in [1.807, 2.05) is 25.1 Å². The first kappa shape index (κ1) is 23.0. The molecule has 2 amide bonds. The van der Waals surface area contributed by atoms with Crippen molar-refractivity contribution in [2.24, 2.45) is 0 Å². The number of carbonyl (C=O) groups is 2. The number of amides is 2. The van der Waals surface area contributed by atoms with E-state index in [0.29, 0.717) is 59.7 Å². The summed E-state index contributed by atoms with van der Waals surface area (Å²) in [5, 5.41) is 3.50. The molecule has 35 heavy (non-hydrogen) atoms. The summed E-state index contributed by atoms with van der Waals surface area (Å²) in [5.74, 6) is 1.76. The third-order valence-electron chi connectivity index (χ3n) is 5.89. The third kappa shape index (κ3) is 4.88. The van der Waals surface area contributed by atoms with Crippen LogP contribution in [0.2, 0.25) is 5.02 Å². The minimum atomic E-state index is -0.251. The summed E-state index contributed by atoms with van der Waals surface area (Å²) < 4.78 is 17.1. The zero-order chi connectivity index (χ0) is 24.4. The zero-order valence-corrected chi connectivity index (χ0v) is 19.9. The molecule has 1 atom stereocenters. The second-order valence-electron chi connectivity index (χ2n) is 8.32. The Morgan fingerprint density at radius 3 is 2.77 bits per heavy atom. The van der Waals surface area contributed by atoms with Crippen LogP contribution in [0.3, 0.4) is 0 Å². The topological polar surface area (TPSA) is 90.0 Å². The van der Waals surface area contributed by atoms with Gasteiger partial charge in [0.05, 0.1) is 11.7 Å². The van der Waals surface area contributed by atoms with Gasteiger partial charge in [0, 0.05) is 24.2 Å². The molecule has 2 aromatic carbocycles. The Hall–Kier alpha value is -3.78. The lowest BCUT2D eigenvalue weighted by molar-refractivity contribution is -0.121. The summed E-state index contributed by atoms with van der Waals surface area (Å²) in [6, 6.07) is 13.9. The molecule has 0 fully saturated rings. The van der Waals surface area contributed by atoms with Gasteiger partial charge in [0.25, 0.3) is 5.91 Å². The maximum absolute atomic E-state index is 13.3. The lowest BCUT2D eigenvalue weighted by atomic mass is 10.1. The lowest BCUT2D eigenvalue weighted by Gasteiger charge is -2.23. The number of carbonyl (C=O) groups excluding carboxylic acids is 2. The van der Waals surface area contributed by atoms with Gasteiger partial charge in [0.2, 0.25) is 11.8 Å². The Bertz CT molecular complexity index is 1280. The van der Waals surface area contributed by atoms with E-state index in [-0.39, 0.29) is 30.2 Å². The molecular weight excluding hydrogens is 470 g/mol. The van der Waals surface area contributed by atoms with Crippen molar-refractivity contribution in [2.75, 3.05) is 24.7 Å². The normalized spacial score (nSPS) is 14.8. The maximum atomic E-state index is 13.3. The molecule has 0 saturated heterocycles. The number of pyridine rings is 1. The van der Waals surface area contributed by atoms with E-state index in [9.17, 15) is 9.59 Å². The molecule has 0 aliphatic carbocycles. The first-order chi connectivity index (χ1) is 17.0. The van der Waals surface area contributed by atoms with Gasteiger partial charge < -0.3 is 24.4 Å². The molecule has 180 valence electrons. The largest absolute Gasteiger partial charge is 0.486 e. The molecule has 2 aliphatic rings. The molecule has 8 nitrogen and oxygen atoms in total. The van der Waals surface area contributed by atoms with Gasteiger partial charge in [-0.2, -0.15) is 0 Å². The van der Waals surface area contributed by atoms with Crippen molar-refractivity contribution in [1.82, 2.24) is 10.3 Å². The molecule has 1 N–H and O–H groups in total. The predicted octanol–water partition coefficient (Wildman–Crippen LogP) is 4.92. The second-order valence-corrected chi connectivity index (χ2v) is 8.76. The lowest BCUT2D eigenvalue weighted by Crippen LogP contribution is -2.33. The standard InChI is InChI=1S/C26H24ClN3O5/c1-16(17-6-8-22-23(14-17)34-13-12-33-22)29-24(31)5-3-11-30-20-15-18(27)7-9-21(20)35-25-19(26(30)32)4-2-10-28-25/h2,4,6-10,14-16H,3,5,11-13H2,1H3,(H,29,31)/t16-/m0/s1. The van der Waals surface area contributed by atoms with Crippen molar-refractivity contribution in [2.45, 2.75) is 25.8 Å². The van der Waals surface area contributed by atoms with Crippen LogP contribution in [0.4, 0.5) is 5.69 Å². The smallest absolute Gasteiger partial charge is 0.263 e. The summed E-state index contributed by atoms with van der Waals surface area (Å²) >= 11 is 6.21. The number of anilines is 1. The zero-order valence-electron chi connectivity index (χ0n) is 19.1. The van der Waals surface area contributed by atoms with Crippen LogP contribution in [0.5, 0.6) is 23.1 Å². The first-order valence-corrected chi connectivity index (χ1v) is 11.8. The fourth-order valence-corrected chi connectivity index (χ4v) is 4.29. The monoisotopic (exact) mass is 493 g/mol. The number of nitrogens with zero attached hydrogens (tertiary/aromatic N) is 2. The van der Waals surface area contributed by atoms with Gasteiger partial charge in [-0.05, 0) is 61.4 Å². The van der Waals surface area contributed by atoms with E-state index in [2.05, 4.69) is 10.3 Å². The number of hydrogen-bond donors (Lipinski definition) is 1. The Balaban J connectivity index is 1.25. The number of benzene rings is 2. The molecule has 1 aromatic heterocycles. The summed E-state index contributed by atoms with van der Waals surface area (Å²) in [4.78, 5) is 31.8.